The van der Waals surface area contributed by atoms with Crippen LogP contribution in [0.3, 0.4) is 0 Å². The van der Waals surface area contributed by atoms with Crippen molar-refractivity contribution in [3.63, 3.8) is 0 Å². The first-order valence-electron chi connectivity index (χ1n) is 9.46. The molecule has 3 aromatic rings. The molecule has 150 valence electrons. The quantitative estimate of drug-likeness (QED) is 0.567. The lowest BCUT2D eigenvalue weighted by molar-refractivity contribution is -0.116. The molecule has 3 aromatic carbocycles. The minimum atomic E-state index is -0.642. The largest absolute Gasteiger partial charge is 0.493 e. The second kappa shape index (κ2) is 9.75. The summed E-state index contributed by atoms with van der Waals surface area (Å²) in [4.78, 5) is 12.1. The molecule has 5 nitrogen and oxygen atoms in total. The predicted octanol–water partition coefficient (Wildman–Crippen LogP) is 4.11. The molecule has 1 atom stereocenters. The number of carbonyl (C=O) groups is 1. The van der Waals surface area contributed by atoms with Crippen LogP contribution in [0.2, 0.25) is 0 Å². The maximum Gasteiger partial charge on any atom is 0.244 e. The number of hydrogen-bond acceptors (Lipinski definition) is 4. The van der Waals surface area contributed by atoms with Gasteiger partial charge in [-0.2, -0.15) is 0 Å². The fourth-order valence-corrected chi connectivity index (χ4v) is 3.22. The minimum Gasteiger partial charge on any atom is -0.493 e. The van der Waals surface area contributed by atoms with E-state index in [-0.39, 0.29) is 5.91 Å². The van der Waals surface area contributed by atoms with E-state index in [1.54, 1.807) is 32.4 Å². The van der Waals surface area contributed by atoms with Crippen molar-refractivity contribution in [2.75, 3.05) is 20.8 Å². The van der Waals surface area contributed by atoms with Gasteiger partial charge >= 0.3 is 0 Å². The molecule has 29 heavy (non-hydrogen) atoms. The lowest BCUT2D eigenvalue weighted by Crippen LogP contribution is -2.23. The number of methoxy groups -OCH3 is 2. The third kappa shape index (κ3) is 5.15. The summed E-state index contributed by atoms with van der Waals surface area (Å²) in [6, 6.07) is 19.3. The molecule has 1 unspecified atom stereocenters. The first-order valence-corrected chi connectivity index (χ1v) is 9.46. The van der Waals surface area contributed by atoms with E-state index >= 15 is 0 Å². The Bertz CT molecular complexity index is 1010. The highest BCUT2D eigenvalue weighted by atomic mass is 16.5. The highest BCUT2D eigenvalue weighted by Gasteiger charge is 2.11. The van der Waals surface area contributed by atoms with E-state index < -0.39 is 6.10 Å². The van der Waals surface area contributed by atoms with E-state index in [9.17, 15) is 9.90 Å². The normalized spacial score (nSPS) is 12.1. The van der Waals surface area contributed by atoms with Crippen molar-refractivity contribution in [2.24, 2.45) is 0 Å². The molecule has 0 aliphatic heterocycles. The molecule has 1 amide bonds. The lowest BCUT2D eigenvalue weighted by Gasteiger charge is -2.14. The summed E-state index contributed by atoms with van der Waals surface area (Å²) >= 11 is 0. The Balaban J connectivity index is 1.55. The summed E-state index contributed by atoms with van der Waals surface area (Å²) in [5, 5.41) is 15.5. The van der Waals surface area contributed by atoms with Gasteiger partial charge in [-0.15, -0.1) is 0 Å². The molecule has 2 N–H and O–H groups in total. The molecule has 0 spiro atoms. The van der Waals surface area contributed by atoms with Crippen molar-refractivity contribution in [3.05, 3.63) is 77.9 Å². The standard InChI is InChI=1S/C24H25NO4/c1-28-22-12-10-17(16-23(22)29-2)11-13-24(27)25-15-14-21(26)20-9-5-7-18-6-3-4-8-19(18)20/h3-13,16,21,26H,14-15H2,1-2H3,(H,25,27). The van der Waals surface area contributed by atoms with Gasteiger partial charge in [0.1, 0.15) is 0 Å². The topological polar surface area (TPSA) is 67.8 Å². The average Bonchev–Trinajstić information content (AvgIpc) is 2.76. The Morgan fingerprint density at radius 3 is 2.59 bits per heavy atom. The van der Waals surface area contributed by atoms with Gasteiger partial charge in [0.15, 0.2) is 11.5 Å². The third-order valence-corrected chi connectivity index (χ3v) is 4.73. The van der Waals surface area contributed by atoms with E-state index in [0.29, 0.717) is 24.5 Å². The van der Waals surface area contributed by atoms with Gasteiger partial charge in [0.2, 0.25) is 5.91 Å². The number of aliphatic hydroxyl groups excluding tert-OH is 1. The molecule has 0 aromatic heterocycles. The molecular formula is C24H25NO4. The van der Waals surface area contributed by atoms with Gasteiger partial charge in [-0.3, -0.25) is 4.79 Å². The van der Waals surface area contributed by atoms with E-state index in [1.807, 2.05) is 48.5 Å². The monoisotopic (exact) mass is 391 g/mol. The zero-order valence-corrected chi connectivity index (χ0v) is 16.6. The van der Waals surface area contributed by atoms with Crippen LogP contribution < -0.4 is 14.8 Å². The smallest absolute Gasteiger partial charge is 0.244 e. The molecule has 0 heterocycles. The zero-order chi connectivity index (χ0) is 20.6. The molecule has 0 saturated heterocycles. The zero-order valence-electron chi connectivity index (χ0n) is 16.6. The van der Waals surface area contributed by atoms with Crippen LogP contribution >= 0.6 is 0 Å². The SMILES string of the molecule is COc1ccc(C=CC(=O)NCCC(O)c2cccc3ccccc23)cc1OC. The van der Waals surface area contributed by atoms with Gasteiger partial charge < -0.3 is 19.9 Å². The fourth-order valence-electron chi connectivity index (χ4n) is 3.22. The van der Waals surface area contributed by atoms with Gasteiger partial charge in [-0.05, 0) is 46.5 Å². The molecule has 0 aliphatic rings. The van der Waals surface area contributed by atoms with E-state index in [1.165, 1.54) is 6.08 Å². The maximum absolute atomic E-state index is 12.1. The summed E-state index contributed by atoms with van der Waals surface area (Å²) in [5.41, 5.74) is 1.70. The molecule has 0 aliphatic carbocycles. The number of carbonyl (C=O) groups excluding carboxylic acids is 1. The van der Waals surface area contributed by atoms with Crippen LogP contribution in [0.4, 0.5) is 0 Å². The first-order chi connectivity index (χ1) is 14.1. The van der Waals surface area contributed by atoms with E-state index in [4.69, 9.17) is 9.47 Å². The Hall–Kier alpha value is -3.31. The molecule has 5 heteroatoms. The first kappa shape index (κ1) is 20.4. The van der Waals surface area contributed by atoms with Crippen LogP contribution in [0, 0.1) is 0 Å². The van der Waals surface area contributed by atoms with E-state index in [0.717, 1.165) is 21.9 Å². The Morgan fingerprint density at radius 1 is 1.03 bits per heavy atom. The van der Waals surface area contributed by atoms with Crippen LogP contribution in [-0.4, -0.2) is 31.8 Å². The summed E-state index contributed by atoms with van der Waals surface area (Å²) in [5.74, 6) is 1.02. The van der Waals surface area contributed by atoms with Gasteiger partial charge in [0.05, 0.1) is 20.3 Å². The van der Waals surface area contributed by atoms with Crippen molar-refractivity contribution >= 4 is 22.8 Å². The summed E-state index contributed by atoms with van der Waals surface area (Å²) in [6.45, 7) is 0.374. The Labute approximate surface area is 170 Å². The summed E-state index contributed by atoms with van der Waals surface area (Å²) < 4.78 is 10.5. The number of benzene rings is 3. The number of hydrogen-bond donors (Lipinski definition) is 2. The molecule has 3 rings (SSSR count). The number of aliphatic hydroxyl groups is 1. The number of amides is 1. The number of ether oxygens (including phenoxy) is 2. The van der Waals surface area contributed by atoms with Crippen LogP contribution in [0.15, 0.2) is 66.7 Å². The second-order valence-electron chi connectivity index (χ2n) is 6.61. The van der Waals surface area contributed by atoms with Crippen LogP contribution in [-0.2, 0) is 4.79 Å². The van der Waals surface area contributed by atoms with Crippen molar-refractivity contribution in [1.29, 1.82) is 0 Å². The maximum atomic E-state index is 12.1. The Kier molecular flexibility index (Phi) is 6.87. The highest BCUT2D eigenvalue weighted by molar-refractivity contribution is 5.91. The lowest BCUT2D eigenvalue weighted by atomic mass is 9.99. The van der Waals surface area contributed by atoms with Gasteiger partial charge in [0.25, 0.3) is 0 Å². The summed E-state index contributed by atoms with van der Waals surface area (Å²) in [7, 11) is 3.15. The third-order valence-electron chi connectivity index (χ3n) is 4.73. The second-order valence-corrected chi connectivity index (χ2v) is 6.61. The number of rotatable bonds is 8. The van der Waals surface area contributed by atoms with Gasteiger partial charge in [-0.1, -0.05) is 48.5 Å². The Morgan fingerprint density at radius 2 is 1.79 bits per heavy atom. The number of fused-ring (bicyclic) bond motifs is 1. The van der Waals surface area contributed by atoms with E-state index in [2.05, 4.69) is 5.32 Å². The molecular weight excluding hydrogens is 366 g/mol. The van der Waals surface area contributed by atoms with Gasteiger partial charge in [-0.25, -0.2) is 0 Å². The van der Waals surface area contributed by atoms with Gasteiger partial charge in [0, 0.05) is 12.6 Å². The molecule has 0 saturated carbocycles. The molecule has 0 fully saturated rings. The molecule has 0 bridgehead atoms. The fraction of sp³-hybridized carbons (Fsp3) is 0.208. The highest BCUT2D eigenvalue weighted by Crippen LogP contribution is 2.28. The van der Waals surface area contributed by atoms with Crippen LogP contribution in [0.5, 0.6) is 11.5 Å². The van der Waals surface area contributed by atoms with Crippen molar-refractivity contribution in [2.45, 2.75) is 12.5 Å². The number of nitrogens with one attached hydrogen (secondary N) is 1. The van der Waals surface area contributed by atoms with Crippen LogP contribution in [0.25, 0.3) is 16.8 Å². The average molecular weight is 391 g/mol. The predicted molar refractivity (Wildman–Crippen MR) is 115 cm³/mol. The van der Waals surface area contributed by atoms with Crippen molar-refractivity contribution < 1.29 is 19.4 Å². The van der Waals surface area contributed by atoms with Crippen molar-refractivity contribution in [3.8, 4) is 11.5 Å². The summed E-state index contributed by atoms with van der Waals surface area (Å²) in [6.07, 6.45) is 2.96. The molecule has 0 radical (unpaired) electrons. The van der Waals surface area contributed by atoms with Crippen LogP contribution in [0.1, 0.15) is 23.7 Å². The van der Waals surface area contributed by atoms with Crippen molar-refractivity contribution in [1.82, 2.24) is 5.32 Å². The minimum absolute atomic E-state index is 0.218.